The SMILES string of the molecule is CC(C)C(CCCCCC(C(C)C)n1c(-c2ccccc2)c(-c2ccccc2)n(-c2ccccc2)c1=O)O[PH](=O)OC(CCCCCC(C(C)C)n1c(-c2ccccc2)c(-c2ccccc2)n(-c2ccccc2)c1=O)C(C)C. The summed E-state index contributed by atoms with van der Waals surface area (Å²) in [5, 5.41) is 0. The Morgan fingerprint density at radius 1 is 0.346 bits per heavy atom. The zero-order valence-electron chi connectivity index (χ0n) is 47.3. The summed E-state index contributed by atoms with van der Waals surface area (Å²) in [6.45, 7) is 17.4. The molecule has 0 saturated heterocycles. The predicted molar refractivity (Wildman–Crippen MR) is 324 cm³/mol. The van der Waals surface area contributed by atoms with Gasteiger partial charge in [0, 0.05) is 34.3 Å². The van der Waals surface area contributed by atoms with Gasteiger partial charge in [-0.2, -0.15) is 0 Å². The van der Waals surface area contributed by atoms with Crippen molar-refractivity contribution in [3.8, 4) is 56.4 Å². The normalized spacial score (nSPS) is 13.8. The fourth-order valence-corrected chi connectivity index (χ4v) is 12.7. The van der Waals surface area contributed by atoms with Gasteiger partial charge in [0.15, 0.2) is 0 Å². The lowest BCUT2D eigenvalue weighted by atomic mass is 9.94. The number of imidazole rings is 2. The smallest absolute Gasteiger partial charge is 0.307 e. The van der Waals surface area contributed by atoms with Crippen LogP contribution in [0.3, 0.4) is 0 Å². The molecule has 4 unspecified atom stereocenters. The van der Waals surface area contributed by atoms with Crippen LogP contribution in [0, 0.1) is 23.7 Å². The molecule has 410 valence electrons. The second-order valence-electron chi connectivity index (χ2n) is 22.5. The molecule has 2 heterocycles. The molecular formula is C68H83N4O5P. The summed E-state index contributed by atoms with van der Waals surface area (Å²) in [6, 6.07) is 61.1. The average Bonchev–Trinajstić information content (AvgIpc) is 4.19. The Morgan fingerprint density at radius 2 is 0.615 bits per heavy atom. The second kappa shape index (κ2) is 27.9. The number of aromatic nitrogens is 4. The van der Waals surface area contributed by atoms with Crippen LogP contribution in [-0.4, -0.2) is 30.5 Å². The van der Waals surface area contributed by atoms with Gasteiger partial charge in [0.1, 0.15) is 0 Å². The molecule has 78 heavy (non-hydrogen) atoms. The monoisotopic (exact) mass is 1070 g/mol. The molecule has 0 spiro atoms. The van der Waals surface area contributed by atoms with E-state index in [1.807, 2.05) is 143 Å². The molecule has 0 aliphatic carbocycles. The van der Waals surface area contributed by atoms with Crippen molar-refractivity contribution in [3.05, 3.63) is 203 Å². The fourth-order valence-electron chi connectivity index (χ4n) is 11.4. The minimum absolute atomic E-state index is 0.0327. The maximum absolute atomic E-state index is 15.0. The van der Waals surface area contributed by atoms with Crippen LogP contribution < -0.4 is 11.4 Å². The molecule has 8 aromatic rings. The van der Waals surface area contributed by atoms with E-state index in [1.165, 1.54) is 0 Å². The van der Waals surface area contributed by atoms with Gasteiger partial charge in [-0.1, -0.05) is 252 Å². The Bertz CT molecular complexity index is 3000. The van der Waals surface area contributed by atoms with E-state index in [0.29, 0.717) is 0 Å². The Balaban J connectivity index is 0.892. The third-order valence-electron chi connectivity index (χ3n) is 15.6. The highest BCUT2D eigenvalue weighted by Gasteiger charge is 2.32. The molecule has 2 aromatic heterocycles. The highest BCUT2D eigenvalue weighted by molar-refractivity contribution is 7.33. The van der Waals surface area contributed by atoms with Crippen LogP contribution in [0.15, 0.2) is 192 Å². The number of unbranched alkanes of at least 4 members (excludes halogenated alkanes) is 4. The molecule has 0 aliphatic heterocycles. The van der Waals surface area contributed by atoms with Crippen molar-refractivity contribution < 1.29 is 13.6 Å². The highest BCUT2D eigenvalue weighted by atomic mass is 31.1. The maximum atomic E-state index is 15.0. The third kappa shape index (κ3) is 13.8. The molecule has 0 radical (unpaired) electrons. The number of benzene rings is 6. The summed E-state index contributed by atoms with van der Waals surface area (Å²) in [5.74, 6) is 0.739. The Morgan fingerprint density at radius 3 is 0.897 bits per heavy atom. The van der Waals surface area contributed by atoms with Gasteiger partial charge in [-0.25, -0.2) is 9.59 Å². The molecule has 0 amide bonds. The van der Waals surface area contributed by atoms with E-state index in [4.69, 9.17) is 9.05 Å². The number of hydrogen-bond donors (Lipinski definition) is 0. The van der Waals surface area contributed by atoms with E-state index in [1.54, 1.807) is 0 Å². The molecule has 0 bridgehead atoms. The van der Waals surface area contributed by atoms with Gasteiger partial charge in [0.05, 0.1) is 46.4 Å². The molecule has 10 heteroatoms. The number of hydrogen-bond acceptors (Lipinski definition) is 5. The summed E-state index contributed by atoms with van der Waals surface area (Å²) in [4.78, 5) is 29.9. The minimum Gasteiger partial charge on any atom is -0.307 e. The summed E-state index contributed by atoms with van der Waals surface area (Å²) < 4.78 is 34.4. The molecule has 0 fully saturated rings. The Kier molecular flexibility index (Phi) is 20.6. The van der Waals surface area contributed by atoms with E-state index < -0.39 is 8.25 Å². The van der Waals surface area contributed by atoms with E-state index in [-0.39, 0.29) is 59.3 Å². The van der Waals surface area contributed by atoms with Crippen LogP contribution in [0.5, 0.6) is 0 Å². The van der Waals surface area contributed by atoms with Gasteiger partial charge in [0.25, 0.3) is 0 Å². The van der Waals surface area contributed by atoms with Gasteiger partial charge in [0.2, 0.25) is 0 Å². The number of para-hydroxylation sites is 2. The first kappa shape index (κ1) is 57.7. The largest absolute Gasteiger partial charge is 0.334 e. The van der Waals surface area contributed by atoms with Gasteiger partial charge in [-0.05, 0) is 73.6 Å². The molecule has 0 N–H and O–H groups in total. The van der Waals surface area contributed by atoms with E-state index in [2.05, 4.69) is 113 Å². The van der Waals surface area contributed by atoms with Crippen molar-refractivity contribution in [2.75, 3.05) is 0 Å². The molecular weight excluding hydrogens is 984 g/mol. The van der Waals surface area contributed by atoms with Crippen molar-refractivity contribution >= 4 is 8.25 Å². The van der Waals surface area contributed by atoms with Crippen LogP contribution in [0.25, 0.3) is 56.4 Å². The fraction of sp³-hybridized carbons (Fsp3) is 0.382. The summed E-state index contributed by atoms with van der Waals surface area (Å²) in [7, 11) is -2.78. The first-order valence-electron chi connectivity index (χ1n) is 28.8. The van der Waals surface area contributed by atoms with Crippen LogP contribution in [0.1, 0.15) is 132 Å². The molecule has 0 aliphatic rings. The Hall–Kier alpha value is -6.51. The lowest BCUT2D eigenvalue weighted by Gasteiger charge is -2.26. The third-order valence-corrected chi connectivity index (χ3v) is 16.5. The second-order valence-corrected chi connectivity index (χ2v) is 23.4. The summed E-state index contributed by atoms with van der Waals surface area (Å²) >= 11 is 0. The molecule has 0 saturated carbocycles. The van der Waals surface area contributed by atoms with E-state index in [0.717, 1.165) is 121 Å². The zero-order chi connectivity index (χ0) is 55.1. The summed E-state index contributed by atoms with van der Waals surface area (Å²) in [5.41, 5.74) is 9.31. The number of nitrogens with zero attached hydrogens (tertiary/aromatic N) is 4. The lowest BCUT2D eigenvalue weighted by Crippen LogP contribution is -2.30. The van der Waals surface area contributed by atoms with E-state index in [9.17, 15) is 14.2 Å². The van der Waals surface area contributed by atoms with Gasteiger partial charge >= 0.3 is 19.6 Å². The quantitative estimate of drug-likeness (QED) is 0.0360. The lowest BCUT2D eigenvalue weighted by molar-refractivity contribution is 0.0771. The van der Waals surface area contributed by atoms with Gasteiger partial charge < -0.3 is 9.05 Å². The maximum Gasteiger partial charge on any atom is 0.334 e. The van der Waals surface area contributed by atoms with Crippen molar-refractivity contribution in [1.29, 1.82) is 0 Å². The molecule has 8 rings (SSSR count). The first-order valence-corrected chi connectivity index (χ1v) is 30.0. The van der Waals surface area contributed by atoms with Crippen molar-refractivity contribution in [2.45, 2.75) is 144 Å². The first-order chi connectivity index (χ1) is 37.8. The highest BCUT2D eigenvalue weighted by Crippen LogP contribution is 2.41. The zero-order valence-corrected chi connectivity index (χ0v) is 48.3. The standard InChI is InChI=1S/C68H83N4O5P/c1-49(2)59(71-65(55-37-21-11-22-38-55)63(53-33-17-9-18-34-53)69(67(71)73)57-41-25-13-26-42-57)45-29-15-31-47-61(51(5)6)76-78(75)77-62(52(7)8)48-32-16-30-46-60(50(3)4)72-66(56-39-23-12-24-40-56)64(54-35-19-10-20-36-54)70(68(72)74)58-43-27-14-28-44-58/h9-14,17-28,33-44,49-52,59-62,78H,15-16,29-32,45-48H2,1-8H3. The molecule has 4 atom stereocenters. The van der Waals surface area contributed by atoms with E-state index >= 15 is 0 Å². The number of rotatable bonds is 28. The Labute approximate surface area is 464 Å². The molecule has 6 aromatic carbocycles. The summed E-state index contributed by atoms with van der Waals surface area (Å²) in [6.07, 6.45) is 8.47. The van der Waals surface area contributed by atoms with Crippen LogP contribution in [0.4, 0.5) is 0 Å². The van der Waals surface area contributed by atoms with Gasteiger partial charge in [-0.15, -0.1) is 0 Å². The predicted octanol–water partition coefficient (Wildman–Crippen LogP) is 17.7. The van der Waals surface area contributed by atoms with Crippen molar-refractivity contribution in [1.82, 2.24) is 18.3 Å². The van der Waals surface area contributed by atoms with Crippen molar-refractivity contribution in [2.24, 2.45) is 23.7 Å². The topological polar surface area (TPSA) is 89.4 Å². The average molecular weight is 1070 g/mol. The van der Waals surface area contributed by atoms with Crippen LogP contribution in [-0.2, 0) is 13.6 Å². The van der Waals surface area contributed by atoms with Crippen LogP contribution >= 0.6 is 8.25 Å². The van der Waals surface area contributed by atoms with Crippen molar-refractivity contribution in [3.63, 3.8) is 0 Å². The van der Waals surface area contributed by atoms with Gasteiger partial charge in [-0.3, -0.25) is 22.8 Å². The molecule has 9 nitrogen and oxygen atoms in total. The van der Waals surface area contributed by atoms with Crippen LogP contribution in [0.2, 0.25) is 0 Å². The minimum atomic E-state index is -2.78.